The normalized spacial score (nSPS) is 16.3. The molecule has 2 nitrogen and oxygen atoms in total. The minimum Gasteiger partial charge on any atom is -0.303 e. The molecule has 1 saturated heterocycles. The van der Waals surface area contributed by atoms with E-state index in [0.29, 0.717) is 0 Å². The van der Waals surface area contributed by atoms with E-state index in [1.165, 1.54) is 44.5 Å². The second-order valence-electron chi connectivity index (χ2n) is 5.35. The molecule has 19 heavy (non-hydrogen) atoms. The number of benzene rings is 1. The first-order valence-electron chi connectivity index (χ1n) is 7.43. The van der Waals surface area contributed by atoms with Crippen LogP contribution in [0.1, 0.15) is 24.8 Å². The van der Waals surface area contributed by atoms with Crippen LogP contribution in [0.4, 0.5) is 0 Å². The third-order valence-corrected chi connectivity index (χ3v) is 3.97. The second kappa shape index (κ2) is 8.57. The Morgan fingerprint density at radius 1 is 1.05 bits per heavy atom. The maximum absolute atomic E-state index is 5.92. The van der Waals surface area contributed by atoms with E-state index in [9.17, 15) is 0 Å². The Hall–Kier alpha value is -0.570. The molecule has 0 aromatic heterocycles. The quantitative estimate of drug-likeness (QED) is 0.675. The molecule has 0 amide bonds. The van der Waals surface area contributed by atoms with Crippen LogP contribution < -0.4 is 0 Å². The molecule has 0 bridgehead atoms. The highest BCUT2D eigenvalue weighted by molar-refractivity contribution is 6.18. The zero-order valence-corrected chi connectivity index (χ0v) is 12.5. The van der Waals surface area contributed by atoms with Crippen LogP contribution in [0.25, 0.3) is 0 Å². The van der Waals surface area contributed by atoms with Gasteiger partial charge in [-0.25, -0.2) is 0 Å². The van der Waals surface area contributed by atoms with E-state index in [0.717, 1.165) is 25.5 Å². The zero-order valence-electron chi connectivity index (χ0n) is 11.7. The SMILES string of the molecule is ClCCN(CCCN1CCCC1)Cc1ccccc1. The lowest BCUT2D eigenvalue weighted by Gasteiger charge is -2.23. The summed E-state index contributed by atoms with van der Waals surface area (Å²) in [6.07, 6.45) is 4.02. The van der Waals surface area contributed by atoms with Crippen molar-refractivity contribution in [3.8, 4) is 0 Å². The molecule has 0 aliphatic carbocycles. The first kappa shape index (κ1) is 14.8. The predicted molar refractivity (Wildman–Crippen MR) is 82.7 cm³/mol. The van der Waals surface area contributed by atoms with Gasteiger partial charge in [0, 0.05) is 19.0 Å². The summed E-state index contributed by atoms with van der Waals surface area (Å²) in [4.78, 5) is 5.06. The lowest BCUT2D eigenvalue weighted by atomic mass is 10.2. The molecule has 0 saturated carbocycles. The molecular weight excluding hydrogens is 256 g/mol. The third-order valence-electron chi connectivity index (χ3n) is 3.80. The van der Waals surface area contributed by atoms with E-state index in [1.807, 2.05) is 0 Å². The maximum atomic E-state index is 5.92. The first-order chi connectivity index (χ1) is 9.38. The lowest BCUT2D eigenvalue weighted by Crippen LogP contribution is -2.30. The van der Waals surface area contributed by atoms with Gasteiger partial charge in [0.2, 0.25) is 0 Å². The smallest absolute Gasteiger partial charge is 0.0351 e. The van der Waals surface area contributed by atoms with E-state index in [2.05, 4.69) is 40.1 Å². The molecular formula is C16H25ClN2. The summed E-state index contributed by atoms with van der Waals surface area (Å²) in [5.74, 6) is 0.719. The number of likely N-dealkylation sites (tertiary alicyclic amines) is 1. The average Bonchev–Trinajstić information content (AvgIpc) is 2.93. The summed E-state index contributed by atoms with van der Waals surface area (Å²) < 4.78 is 0. The molecule has 0 N–H and O–H groups in total. The molecule has 106 valence electrons. The minimum atomic E-state index is 0.719. The van der Waals surface area contributed by atoms with Crippen molar-refractivity contribution in [1.82, 2.24) is 9.80 Å². The summed E-state index contributed by atoms with van der Waals surface area (Å²) in [7, 11) is 0. The van der Waals surface area contributed by atoms with Gasteiger partial charge in [0.05, 0.1) is 0 Å². The van der Waals surface area contributed by atoms with Crippen molar-refractivity contribution in [3.63, 3.8) is 0 Å². The van der Waals surface area contributed by atoms with Crippen LogP contribution in [0.2, 0.25) is 0 Å². The third kappa shape index (κ3) is 5.52. The second-order valence-corrected chi connectivity index (χ2v) is 5.73. The van der Waals surface area contributed by atoms with Gasteiger partial charge in [0.25, 0.3) is 0 Å². The number of nitrogens with zero attached hydrogens (tertiary/aromatic N) is 2. The van der Waals surface area contributed by atoms with Gasteiger partial charge in [-0.1, -0.05) is 30.3 Å². The van der Waals surface area contributed by atoms with Crippen LogP contribution in [0, 0.1) is 0 Å². The molecule has 0 unspecified atom stereocenters. The lowest BCUT2D eigenvalue weighted by molar-refractivity contribution is 0.249. The van der Waals surface area contributed by atoms with Gasteiger partial charge < -0.3 is 4.90 Å². The fourth-order valence-electron chi connectivity index (χ4n) is 2.76. The summed E-state index contributed by atoms with van der Waals surface area (Å²) in [5, 5.41) is 0. The Morgan fingerprint density at radius 2 is 1.79 bits per heavy atom. The fourth-order valence-corrected chi connectivity index (χ4v) is 2.99. The molecule has 1 aliphatic heterocycles. The molecule has 1 aromatic carbocycles. The number of rotatable bonds is 8. The molecule has 2 rings (SSSR count). The van der Waals surface area contributed by atoms with Crippen molar-refractivity contribution in [1.29, 1.82) is 0 Å². The molecule has 0 radical (unpaired) electrons. The monoisotopic (exact) mass is 280 g/mol. The van der Waals surface area contributed by atoms with Gasteiger partial charge in [-0.15, -0.1) is 11.6 Å². The van der Waals surface area contributed by atoms with Crippen LogP contribution in [-0.2, 0) is 6.54 Å². The van der Waals surface area contributed by atoms with Crippen molar-refractivity contribution in [2.24, 2.45) is 0 Å². The van der Waals surface area contributed by atoms with Gasteiger partial charge in [-0.2, -0.15) is 0 Å². The standard InChI is InChI=1S/C16H25ClN2/c17-9-14-19(15-16-7-2-1-3-8-16)13-6-12-18-10-4-5-11-18/h1-3,7-8H,4-6,9-15H2. The molecule has 1 fully saturated rings. The predicted octanol–water partition coefficient (Wildman–Crippen LogP) is 3.21. The molecule has 0 spiro atoms. The van der Waals surface area contributed by atoms with Crippen molar-refractivity contribution >= 4 is 11.6 Å². The molecule has 1 aliphatic rings. The van der Waals surface area contributed by atoms with Gasteiger partial charge in [0.15, 0.2) is 0 Å². The average molecular weight is 281 g/mol. The summed E-state index contributed by atoms with van der Waals surface area (Å²) >= 11 is 5.92. The summed E-state index contributed by atoms with van der Waals surface area (Å²) in [5.41, 5.74) is 1.38. The van der Waals surface area contributed by atoms with E-state index < -0.39 is 0 Å². The Bertz CT molecular complexity index is 336. The van der Waals surface area contributed by atoms with Crippen molar-refractivity contribution in [3.05, 3.63) is 35.9 Å². The van der Waals surface area contributed by atoms with E-state index in [-0.39, 0.29) is 0 Å². The molecule has 0 atom stereocenters. The van der Waals surface area contributed by atoms with Crippen LogP contribution in [-0.4, -0.2) is 48.4 Å². The van der Waals surface area contributed by atoms with Crippen LogP contribution >= 0.6 is 11.6 Å². The van der Waals surface area contributed by atoms with Crippen molar-refractivity contribution < 1.29 is 0 Å². The zero-order chi connectivity index (χ0) is 13.3. The Labute approximate surface area is 122 Å². The van der Waals surface area contributed by atoms with Crippen LogP contribution in [0.15, 0.2) is 30.3 Å². The Kier molecular flexibility index (Phi) is 6.69. The van der Waals surface area contributed by atoms with Gasteiger partial charge in [0.1, 0.15) is 0 Å². The highest BCUT2D eigenvalue weighted by Gasteiger charge is 2.11. The maximum Gasteiger partial charge on any atom is 0.0351 e. The number of hydrogen-bond donors (Lipinski definition) is 0. The van der Waals surface area contributed by atoms with Gasteiger partial charge in [-0.3, -0.25) is 4.90 Å². The van der Waals surface area contributed by atoms with Crippen molar-refractivity contribution in [2.75, 3.05) is 38.6 Å². The summed E-state index contributed by atoms with van der Waals surface area (Å²) in [6.45, 7) is 7.00. The highest BCUT2D eigenvalue weighted by atomic mass is 35.5. The number of alkyl halides is 1. The molecule has 3 heteroatoms. The minimum absolute atomic E-state index is 0.719. The fraction of sp³-hybridized carbons (Fsp3) is 0.625. The molecule has 1 aromatic rings. The van der Waals surface area contributed by atoms with Gasteiger partial charge in [-0.05, 0) is 51.0 Å². The first-order valence-corrected chi connectivity index (χ1v) is 7.96. The van der Waals surface area contributed by atoms with E-state index in [4.69, 9.17) is 11.6 Å². The largest absolute Gasteiger partial charge is 0.303 e. The van der Waals surface area contributed by atoms with Gasteiger partial charge >= 0.3 is 0 Å². The van der Waals surface area contributed by atoms with E-state index >= 15 is 0 Å². The Balaban J connectivity index is 1.72. The van der Waals surface area contributed by atoms with E-state index in [1.54, 1.807) is 0 Å². The topological polar surface area (TPSA) is 6.48 Å². The summed E-state index contributed by atoms with van der Waals surface area (Å²) in [6, 6.07) is 10.7. The Morgan fingerprint density at radius 3 is 2.47 bits per heavy atom. The number of hydrogen-bond acceptors (Lipinski definition) is 2. The van der Waals surface area contributed by atoms with Crippen LogP contribution in [0.5, 0.6) is 0 Å². The van der Waals surface area contributed by atoms with Crippen LogP contribution in [0.3, 0.4) is 0 Å². The number of halogens is 1. The molecule has 1 heterocycles. The van der Waals surface area contributed by atoms with Crippen molar-refractivity contribution in [2.45, 2.75) is 25.8 Å². The highest BCUT2D eigenvalue weighted by Crippen LogP contribution is 2.09.